The molecule has 0 atom stereocenters. The van der Waals surface area contributed by atoms with Crippen LogP contribution >= 0.6 is 0 Å². The Hall–Kier alpha value is -4.02. The van der Waals surface area contributed by atoms with Crippen molar-refractivity contribution >= 4 is 11.6 Å². The molecule has 11 heteroatoms. The lowest BCUT2D eigenvalue weighted by Crippen LogP contribution is -2.15. The predicted molar refractivity (Wildman–Crippen MR) is 112 cm³/mol. The average molecular weight is 453 g/mol. The maximum atomic E-state index is 13.2. The summed E-state index contributed by atoms with van der Waals surface area (Å²) in [6.07, 6.45) is 0.0765. The topological polar surface area (TPSA) is 90.5 Å². The Morgan fingerprint density at radius 1 is 1.12 bits per heavy atom. The number of hydrogen-bond donors (Lipinski definition) is 1. The van der Waals surface area contributed by atoms with E-state index in [1.807, 2.05) is 19.1 Å². The third-order valence-corrected chi connectivity index (χ3v) is 5.52. The molecule has 1 N–H and O–H groups in total. The minimum Gasteiger partial charge on any atom is -0.322 e. The van der Waals surface area contributed by atoms with E-state index in [-0.39, 0.29) is 17.5 Å². The van der Waals surface area contributed by atoms with E-state index in [1.165, 1.54) is 28.0 Å². The van der Waals surface area contributed by atoms with Gasteiger partial charge in [-0.15, -0.1) is 5.10 Å². The van der Waals surface area contributed by atoms with Gasteiger partial charge < -0.3 is 5.32 Å². The molecule has 1 fully saturated rings. The summed E-state index contributed by atoms with van der Waals surface area (Å²) in [6.45, 7) is 1.85. The van der Waals surface area contributed by atoms with Crippen LogP contribution in [-0.2, 0) is 6.18 Å². The first kappa shape index (κ1) is 20.9. The molecule has 5 rings (SSSR count). The Labute approximate surface area is 186 Å². The van der Waals surface area contributed by atoms with Crippen molar-refractivity contribution in [3.8, 4) is 11.4 Å². The summed E-state index contributed by atoms with van der Waals surface area (Å²) >= 11 is 0. The minimum atomic E-state index is -4.47. The summed E-state index contributed by atoms with van der Waals surface area (Å²) in [4.78, 5) is 13.2. The zero-order valence-corrected chi connectivity index (χ0v) is 17.4. The number of amides is 1. The minimum absolute atomic E-state index is 0.0662. The number of aryl methyl sites for hydroxylation is 1. The molecule has 33 heavy (non-hydrogen) atoms. The first-order valence-electron chi connectivity index (χ1n) is 10.2. The molecule has 0 bridgehead atoms. The van der Waals surface area contributed by atoms with Gasteiger partial charge in [-0.2, -0.15) is 18.3 Å². The third-order valence-electron chi connectivity index (χ3n) is 5.52. The van der Waals surface area contributed by atoms with E-state index in [9.17, 15) is 18.0 Å². The van der Waals surface area contributed by atoms with Gasteiger partial charge >= 0.3 is 6.18 Å². The summed E-state index contributed by atoms with van der Waals surface area (Å²) in [6, 6.07) is 10.3. The van der Waals surface area contributed by atoms with Crippen LogP contribution in [0.5, 0.6) is 0 Å². The van der Waals surface area contributed by atoms with Gasteiger partial charge in [-0.1, -0.05) is 12.1 Å². The number of tetrazole rings is 1. The molecule has 168 valence electrons. The molecule has 2 aromatic heterocycles. The second kappa shape index (κ2) is 7.84. The van der Waals surface area contributed by atoms with Gasteiger partial charge in [0.25, 0.3) is 5.91 Å². The number of nitrogens with one attached hydrogen (secondary N) is 1. The largest absolute Gasteiger partial charge is 0.416 e. The number of anilines is 1. The van der Waals surface area contributed by atoms with Gasteiger partial charge in [-0.3, -0.25) is 4.79 Å². The molecule has 2 aromatic carbocycles. The highest BCUT2D eigenvalue weighted by Gasteiger charge is 2.34. The Kier molecular flexibility index (Phi) is 4.95. The van der Waals surface area contributed by atoms with Crippen molar-refractivity contribution in [2.75, 3.05) is 5.32 Å². The average Bonchev–Trinajstić information content (AvgIpc) is 3.29. The molecule has 0 aliphatic heterocycles. The molecular formula is C22H18F3N7O. The van der Waals surface area contributed by atoms with Crippen LogP contribution in [0.2, 0.25) is 0 Å². The van der Waals surface area contributed by atoms with Crippen molar-refractivity contribution in [1.29, 1.82) is 0 Å². The van der Waals surface area contributed by atoms with Gasteiger partial charge in [0.15, 0.2) is 0 Å². The van der Waals surface area contributed by atoms with Crippen LogP contribution in [0.3, 0.4) is 0 Å². The first-order chi connectivity index (χ1) is 15.8. The van der Waals surface area contributed by atoms with E-state index in [0.717, 1.165) is 30.5 Å². The monoisotopic (exact) mass is 453 g/mol. The van der Waals surface area contributed by atoms with Gasteiger partial charge in [0.05, 0.1) is 34.4 Å². The van der Waals surface area contributed by atoms with E-state index >= 15 is 0 Å². The number of halogens is 3. The number of alkyl halides is 3. The van der Waals surface area contributed by atoms with Gasteiger partial charge in [-0.05, 0) is 66.1 Å². The van der Waals surface area contributed by atoms with Crippen LogP contribution in [0.25, 0.3) is 11.4 Å². The van der Waals surface area contributed by atoms with Crippen molar-refractivity contribution in [1.82, 2.24) is 30.0 Å². The second-order valence-corrected chi connectivity index (χ2v) is 7.89. The fourth-order valence-electron chi connectivity index (χ4n) is 3.66. The number of rotatable bonds is 5. The fourth-order valence-corrected chi connectivity index (χ4v) is 3.66. The van der Waals surface area contributed by atoms with Gasteiger partial charge in [0.1, 0.15) is 6.33 Å². The Balaban J connectivity index is 1.48. The predicted octanol–water partition coefficient (Wildman–Crippen LogP) is 4.30. The molecule has 1 amide bonds. The molecule has 0 radical (unpaired) electrons. The van der Waals surface area contributed by atoms with Gasteiger partial charge in [0.2, 0.25) is 0 Å². The molecule has 2 heterocycles. The standard InChI is InChI=1S/C22H18F3N7O/c1-13-5-8-16(31-12-26-29-30-31)10-19(13)28-21(33)18-11-27-32(20(18)14-6-7-14)17-4-2-3-15(9-17)22(23,24)25/h2-5,8-12,14H,6-7H2,1H3,(H,28,33). The quantitative estimate of drug-likeness (QED) is 0.487. The SMILES string of the molecule is Cc1ccc(-n2cnnn2)cc1NC(=O)c1cnn(-c2cccc(C(F)(F)F)c2)c1C1CC1. The van der Waals surface area contributed by atoms with Crippen molar-refractivity contribution in [3.63, 3.8) is 0 Å². The molecule has 1 aliphatic carbocycles. The van der Waals surface area contributed by atoms with Crippen LogP contribution in [0.4, 0.5) is 18.9 Å². The van der Waals surface area contributed by atoms with E-state index in [4.69, 9.17) is 0 Å². The normalized spacial score (nSPS) is 13.8. The molecule has 0 saturated heterocycles. The molecule has 4 aromatic rings. The fraction of sp³-hybridized carbons (Fsp3) is 0.227. The van der Waals surface area contributed by atoms with Crippen molar-refractivity contribution in [2.45, 2.75) is 31.9 Å². The lowest BCUT2D eigenvalue weighted by Gasteiger charge is -2.13. The number of hydrogen-bond acceptors (Lipinski definition) is 5. The molecule has 8 nitrogen and oxygen atoms in total. The van der Waals surface area contributed by atoms with Crippen LogP contribution in [0.15, 0.2) is 55.0 Å². The Morgan fingerprint density at radius 2 is 1.94 bits per heavy atom. The number of carbonyl (C=O) groups is 1. The third kappa shape index (κ3) is 4.09. The highest BCUT2D eigenvalue weighted by Crippen LogP contribution is 2.43. The highest BCUT2D eigenvalue weighted by atomic mass is 19.4. The summed E-state index contributed by atoms with van der Waals surface area (Å²) < 4.78 is 42.5. The number of benzene rings is 2. The van der Waals surface area contributed by atoms with Gasteiger partial charge in [0, 0.05) is 11.6 Å². The second-order valence-electron chi connectivity index (χ2n) is 7.89. The van der Waals surface area contributed by atoms with Crippen LogP contribution < -0.4 is 5.32 Å². The zero-order valence-electron chi connectivity index (χ0n) is 17.4. The summed E-state index contributed by atoms with van der Waals surface area (Å²) in [5.74, 6) is -0.316. The summed E-state index contributed by atoms with van der Waals surface area (Å²) in [7, 11) is 0. The van der Waals surface area contributed by atoms with Crippen LogP contribution in [0.1, 0.15) is 45.9 Å². The van der Waals surface area contributed by atoms with Gasteiger partial charge in [-0.25, -0.2) is 9.36 Å². The van der Waals surface area contributed by atoms with Crippen molar-refractivity contribution < 1.29 is 18.0 Å². The van der Waals surface area contributed by atoms with Crippen molar-refractivity contribution in [3.05, 3.63) is 77.4 Å². The van der Waals surface area contributed by atoms with E-state index in [1.54, 1.807) is 12.1 Å². The molecule has 1 aliphatic rings. The Morgan fingerprint density at radius 3 is 2.64 bits per heavy atom. The Bertz CT molecular complexity index is 1320. The number of aromatic nitrogens is 6. The number of carbonyl (C=O) groups excluding carboxylic acids is 1. The molecule has 0 unspecified atom stereocenters. The van der Waals surface area contributed by atoms with E-state index in [2.05, 4.69) is 25.9 Å². The van der Waals surface area contributed by atoms with E-state index < -0.39 is 11.7 Å². The maximum absolute atomic E-state index is 13.2. The van der Waals surface area contributed by atoms with Crippen LogP contribution in [-0.4, -0.2) is 35.9 Å². The van der Waals surface area contributed by atoms with E-state index in [0.29, 0.717) is 22.6 Å². The molecule has 1 saturated carbocycles. The van der Waals surface area contributed by atoms with Crippen molar-refractivity contribution in [2.24, 2.45) is 0 Å². The summed E-state index contributed by atoms with van der Waals surface area (Å²) in [5.41, 5.74) is 2.52. The first-order valence-corrected chi connectivity index (χ1v) is 10.2. The number of nitrogens with zero attached hydrogens (tertiary/aromatic N) is 6. The molecule has 0 spiro atoms. The smallest absolute Gasteiger partial charge is 0.322 e. The zero-order chi connectivity index (χ0) is 23.2. The lowest BCUT2D eigenvalue weighted by atomic mass is 10.1. The lowest BCUT2D eigenvalue weighted by molar-refractivity contribution is -0.137. The maximum Gasteiger partial charge on any atom is 0.416 e. The summed E-state index contributed by atoms with van der Waals surface area (Å²) in [5, 5.41) is 18.2. The highest BCUT2D eigenvalue weighted by molar-refractivity contribution is 6.05. The van der Waals surface area contributed by atoms with Crippen LogP contribution in [0, 0.1) is 6.92 Å². The molecular weight excluding hydrogens is 435 g/mol.